The maximum absolute atomic E-state index is 3.70. The molecule has 0 spiro atoms. The van der Waals surface area contributed by atoms with Gasteiger partial charge in [-0.15, -0.1) is 0 Å². The van der Waals surface area contributed by atoms with Gasteiger partial charge in [0.25, 0.3) is 0 Å². The molecule has 1 aromatic carbocycles. The molecule has 1 atom stereocenters. The van der Waals surface area contributed by atoms with Gasteiger partial charge in [-0.25, -0.2) is 0 Å². The van der Waals surface area contributed by atoms with E-state index >= 15 is 0 Å². The van der Waals surface area contributed by atoms with Crippen molar-refractivity contribution in [1.29, 1.82) is 0 Å². The van der Waals surface area contributed by atoms with E-state index in [0.29, 0.717) is 6.04 Å². The Morgan fingerprint density at radius 3 is 2.22 bits per heavy atom. The van der Waals surface area contributed by atoms with Crippen LogP contribution in [0.15, 0.2) is 24.3 Å². The first-order valence-electron chi connectivity index (χ1n) is 7.52. The summed E-state index contributed by atoms with van der Waals surface area (Å²) < 4.78 is 0. The molecule has 1 nitrogen and oxygen atoms in total. The van der Waals surface area contributed by atoms with Gasteiger partial charge in [0.1, 0.15) is 0 Å². The molecule has 0 heterocycles. The highest BCUT2D eigenvalue weighted by Crippen LogP contribution is 2.30. The van der Waals surface area contributed by atoms with Crippen LogP contribution in [0.3, 0.4) is 0 Å². The second-order valence-electron chi connectivity index (χ2n) is 5.29. The van der Waals surface area contributed by atoms with E-state index in [1.165, 1.54) is 36.8 Å². The standard InChI is InChI=1S/C17H29N/c1-5-9-15(10-6-2)17(18-7-3)16-12-8-11-14(4)13-16/h8,11-13,15,17-18H,5-7,9-10H2,1-4H3. The van der Waals surface area contributed by atoms with E-state index in [9.17, 15) is 0 Å². The van der Waals surface area contributed by atoms with Crippen LogP contribution in [0.2, 0.25) is 0 Å². The summed E-state index contributed by atoms with van der Waals surface area (Å²) in [7, 11) is 0. The van der Waals surface area contributed by atoms with Gasteiger partial charge >= 0.3 is 0 Å². The molecule has 18 heavy (non-hydrogen) atoms. The molecule has 0 saturated carbocycles. The summed E-state index contributed by atoms with van der Waals surface area (Å²) in [6.45, 7) is 10.0. The Bertz CT molecular complexity index is 326. The molecule has 1 rings (SSSR count). The third-order valence-electron chi connectivity index (χ3n) is 3.62. The fourth-order valence-corrected chi connectivity index (χ4v) is 2.86. The van der Waals surface area contributed by atoms with Crippen molar-refractivity contribution in [2.45, 2.75) is 59.4 Å². The summed E-state index contributed by atoms with van der Waals surface area (Å²) in [6.07, 6.45) is 5.19. The summed E-state index contributed by atoms with van der Waals surface area (Å²) in [6, 6.07) is 9.50. The highest BCUT2D eigenvalue weighted by atomic mass is 14.9. The lowest BCUT2D eigenvalue weighted by molar-refractivity contribution is 0.320. The van der Waals surface area contributed by atoms with Gasteiger partial charge in [0.2, 0.25) is 0 Å². The molecule has 1 heteroatoms. The first kappa shape index (κ1) is 15.2. The van der Waals surface area contributed by atoms with Gasteiger partial charge in [-0.2, -0.15) is 0 Å². The monoisotopic (exact) mass is 247 g/mol. The Morgan fingerprint density at radius 1 is 1.06 bits per heavy atom. The van der Waals surface area contributed by atoms with Crippen molar-refractivity contribution in [2.75, 3.05) is 6.54 Å². The van der Waals surface area contributed by atoms with Gasteiger partial charge in [0.05, 0.1) is 0 Å². The quantitative estimate of drug-likeness (QED) is 0.691. The summed E-state index contributed by atoms with van der Waals surface area (Å²) >= 11 is 0. The van der Waals surface area contributed by atoms with Crippen LogP contribution < -0.4 is 5.32 Å². The van der Waals surface area contributed by atoms with E-state index in [4.69, 9.17) is 0 Å². The van der Waals surface area contributed by atoms with Crippen molar-refractivity contribution in [3.05, 3.63) is 35.4 Å². The third kappa shape index (κ3) is 4.45. The number of aryl methyl sites for hydroxylation is 1. The average molecular weight is 247 g/mol. The van der Waals surface area contributed by atoms with Crippen molar-refractivity contribution in [3.63, 3.8) is 0 Å². The van der Waals surface area contributed by atoms with E-state index in [2.05, 4.69) is 57.3 Å². The van der Waals surface area contributed by atoms with Crippen LogP contribution in [0.4, 0.5) is 0 Å². The second kappa shape index (κ2) is 8.31. The van der Waals surface area contributed by atoms with Gasteiger partial charge < -0.3 is 5.32 Å². The molecule has 0 aliphatic carbocycles. The maximum Gasteiger partial charge on any atom is 0.0348 e. The first-order chi connectivity index (χ1) is 8.72. The van der Waals surface area contributed by atoms with Crippen LogP contribution in [0.25, 0.3) is 0 Å². The smallest absolute Gasteiger partial charge is 0.0348 e. The van der Waals surface area contributed by atoms with Crippen LogP contribution in [0.5, 0.6) is 0 Å². The molecular weight excluding hydrogens is 218 g/mol. The predicted molar refractivity (Wildman–Crippen MR) is 80.9 cm³/mol. The minimum Gasteiger partial charge on any atom is -0.310 e. The molecule has 1 unspecified atom stereocenters. The molecule has 0 aromatic heterocycles. The summed E-state index contributed by atoms with van der Waals surface area (Å²) in [5, 5.41) is 3.70. The van der Waals surface area contributed by atoms with Gasteiger partial charge in [0.15, 0.2) is 0 Å². The van der Waals surface area contributed by atoms with E-state index in [0.717, 1.165) is 12.5 Å². The van der Waals surface area contributed by atoms with E-state index in [1.807, 2.05) is 0 Å². The summed E-state index contributed by atoms with van der Waals surface area (Å²) in [4.78, 5) is 0. The number of benzene rings is 1. The van der Waals surface area contributed by atoms with Crippen LogP contribution in [0.1, 0.15) is 63.6 Å². The topological polar surface area (TPSA) is 12.0 Å². The molecule has 1 N–H and O–H groups in total. The summed E-state index contributed by atoms with van der Waals surface area (Å²) in [5.74, 6) is 0.766. The molecule has 0 amide bonds. The van der Waals surface area contributed by atoms with Gasteiger partial charge in [-0.3, -0.25) is 0 Å². The highest BCUT2D eigenvalue weighted by molar-refractivity contribution is 5.25. The predicted octanol–water partition coefficient (Wildman–Crippen LogP) is 4.86. The van der Waals surface area contributed by atoms with Crippen molar-refractivity contribution in [2.24, 2.45) is 5.92 Å². The summed E-state index contributed by atoms with van der Waals surface area (Å²) in [5.41, 5.74) is 2.82. The molecule has 102 valence electrons. The Hall–Kier alpha value is -0.820. The van der Waals surface area contributed by atoms with Gasteiger partial charge in [0, 0.05) is 6.04 Å². The molecule has 0 bridgehead atoms. The van der Waals surface area contributed by atoms with Crippen molar-refractivity contribution >= 4 is 0 Å². The van der Waals surface area contributed by atoms with Crippen LogP contribution in [-0.4, -0.2) is 6.54 Å². The minimum absolute atomic E-state index is 0.523. The zero-order valence-electron chi connectivity index (χ0n) is 12.5. The zero-order chi connectivity index (χ0) is 13.4. The molecule has 0 radical (unpaired) electrons. The fourth-order valence-electron chi connectivity index (χ4n) is 2.86. The lowest BCUT2D eigenvalue weighted by atomic mass is 9.85. The Labute approximate surface area is 113 Å². The van der Waals surface area contributed by atoms with Crippen LogP contribution in [-0.2, 0) is 0 Å². The third-order valence-corrected chi connectivity index (χ3v) is 3.62. The van der Waals surface area contributed by atoms with E-state index < -0.39 is 0 Å². The lowest BCUT2D eigenvalue weighted by Gasteiger charge is -2.28. The molecule has 0 aliphatic heterocycles. The number of hydrogen-bond donors (Lipinski definition) is 1. The molecule has 0 saturated heterocycles. The number of hydrogen-bond acceptors (Lipinski definition) is 1. The van der Waals surface area contributed by atoms with Crippen molar-refractivity contribution < 1.29 is 0 Å². The first-order valence-corrected chi connectivity index (χ1v) is 7.52. The van der Waals surface area contributed by atoms with Gasteiger partial charge in [-0.1, -0.05) is 63.4 Å². The molecule has 1 aromatic rings. The number of rotatable bonds is 8. The normalized spacial score (nSPS) is 12.9. The lowest BCUT2D eigenvalue weighted by Crippen LogP contribution is -2.28. The molecule has 0 aliphatic rings. The largest absolute Gasteiger partial charge is 0.310 e. The van der Waals surface area contributed by atoms with Crippen LogP contribution >= 0.6 is 0 Å². The molecule has 0 fully saturated rings. The van der Waals surface area contributed by atoms with Crippen molar-refractivity contribution in [1.82, 2.24) is 5.32 Å². The Morgan fingerprint density at radius 2 is 1.72 bits per heavy atom. The van der Waals surface area contributed by atoms with Crippen molar-refractivity contribution in [3.8, 4) is 0 Å². The molecular formula is C17H29N. The zero-order valence-corrected chi connectivity index (χ0v) is 12.5. The van der Waals surface area contributed by atoms with E-state index in [-0.39, 0.29) is 0 Å². The van der Waals surface area contributed by atoms with Gasteiger partial charge in [-0.05, 0) is 37.8 Å². The minimum atomic E-state index is 0.523. The van der Waals surface area contributed by atoms with E-state index in [1.54, 1.807) is 0 Å². The maximum atomic E-state index is 3.70. The fraction of sp³-hybridized carbons (Fsp3) is 0.647. The average Bonchev–Trinajstić information content (AvgIpc) is 2.36. The Kier molecular flexibility index (Phi) is 7.04. The SMILES string of the molecule is CCCC(CCC)C(NCC)c1cccc(C)c1. The second-order valence-corrected chi connectivity index (χ2v) is 5.29. The highest BCUT2D eigenvalue weighted by Gasteiger charge is 2.20. The Balaban J connectivity index is 2.91. The van der Waals surface area contributed by atoms with Crippen LogP contribution in [0, 0.1) is 12.8 Å². The number of nitrogens with one attached hydrogen (secondary N) is 1.